The second-order valence-electron chi connectivity index (χ2n) is 16.9. The number of halogens is 1. The predicted molar refractivity (Wildman–Crippen MR) is 216 cm³/mol. The summed E-state index contributed by atoms with van der Waals surface area (Å²) in [6.07, 6.45) is 8.06. The molecule has 2 aromatic carbocycles. The van der Waals surface area contributed by atoms with Crippen molar-refractivity contribution >= 4 is 33.4 Å². The molecule has 15 heteroatoms. The molecule has 0 bridgehead atoms. The van der Waals surface area contributed by atoms with Crippen molar-refractivity contribution in [3.05, 3.63) is 95.1 Å². The summed E-state index contributed by atoms with van der Waals surface area (Å²) in [5.74, 6) is 1.56. The molecule has 2 N–H and O–H groups in total. The lowest BCUT2D eigenvalue weighted by Gasteiger charge is -2.35. The van der Waals surface area contributed by atoms with Crippen molar-refractivity contribution in [3.63, 3.8) is 0 Å². The molecule has 302 valence electrons. The number of benzene rings is 2. The van der Waals surface area contributed by atoms with Crippen molar-refractivity contribution in [1.29, 1.82) is 0 Å². The Balaban J connectivity index is 0.973. The predicted octanol–water partition coefficient (Wildman–Crippen LogP) is 6.82. The largest absolute Gasteiger partial charge is 0.484 e. The van der Waals surface area contributed by atoms with Crippen LogP contribution in [0.15, 0.2) is 66.9 Å². The van der Waals surface area contributed by atoms with Crippen LogP contribution in [0.25, 0.3) is 11.3 Å². The van der Waals surface area contributed by atoms with E-state index >= 15 is 0 Å². The van der Waals surface area contributed by atoms with E-state index in [9.17, 15) is 17.6 Å². The number of hydrogen-bond acceptors (Lipinski definition) is 10. The zero-order valence-corrected chi connectivity index (χ0v) is 34.1. The maximum atomic E-state index is 14.8. The van der Waals surface area contributed by atoms with Crippen LogP contribution in [0.1, 0.15) is 101 Å². The van der Waals surface area contributed by atoms with Gasteiger partial charge in [-0.2, -0.15) is 13.5 Å². The highest BCUT2D eigenvalue weighted by Crippen LogP contribution is 2.46. The van der Waals surface area contributed by atoms with Crippen molar-refractivity contribution in [2.75, 3.05) is 23.0 Å². The van der Waals surface area contributed by atoms with Gasteiger partial charge in [0.15, 0.2) is 5.65 Å². The van der Waals surface area contributed by atoms with Crippen molar-refractivity contribution in [1.82, 2.24) is 29.7 Å². The summed E-state index contributed by atoms with van der Waals surface area (Å²) in [7, 11) is -3.74. The van der Waals surface area contributed by atoms with Gasteiger partial charge in [-0.25, -0.2) is 9.07 Å². The summed E-state index contributed by atoms with van der Waals surface area (Å²) in [5, 5.41) is 20.2. The Morgan fingerprint density at radius 2 is 1.82 bits per heavy atom. The standard InChI is InChI=1S/C42H51FN8O5S/c1-25-11-9-10-18-49(25)41-47-46-36-17-14-30(23-50(36)41)56-34-16-15-31(32-12-7-8-13-33(32)34)26(2)38-39(45-38)40(52)44-37-22-35(42(3,4)5)48-51(37)29-20-27(19-28(43)21-29)24-55-57(6,53)54/h7-8,12-14,17,19-23,25-26,31,34,38-39,45H,9-11,15-16,18,24H2,1-6H3,(H,44,52)/t25-,26-,31?,34+,38?,39?/m0/s1. The monoisotopic (exact) mass is 798 g/mol. The SMILES string of the molecule is C[C@@H](C1CC[C@@H](Oc2ccc3nnc(N4CCCC[C@@H]4C)n3c2)c2ccccc21)C1NC1C(=O)Nc1cc(C(C)(C)C)nn1-c1cc(F)cc(COS(C)(=O)=O)c1. The van der Waals surface area contributed by atoms with Crippen LogP contribution >= 0.6 is 0 Å². The van der Waals surface area contributed by atoms with Crippen LogP contribution in [-0.4, -0.2) is 69.6 Å². The molecular formula is C42H51FN8O5S. The first-order valence-corrected chi connectivity index (χ1v) is 21.6. The molecule has 0 spiro atoms. The number of amides is 1. The average molecular weight is 799 g/mol. The van der Waals surface area contributed by atoms with Crippen molar-refractivity contribution in [3.8, 4) is 11.4 Å². The Hall–Kier alpha value is -4.86. The van der Waals surface area contributed by atoms with Crippen molar-refractivity contribution in [2.24, 2.45) is 5.92 Å². The van der Waals surface area contributed by atoms with Crippen LogP contribution in [-0.2, 0) is 31.1 Å². The second-order valence-corrected chi connectivity index (χ2v) is 18.6. The first-order chi connectivity index (χ1) is 27.1. The van der Waals surface area contributed by atoms with E-state index in [0.29, 0.717) is 28.8 Å². The number of nitrogens with zero attached hydrogens (tertiary/aromatic N) is 6. The molecular weight excluding hydrogens is 748 g/mol. The van der Waals surface area contributed by atoms with Crippen LogP contribution in [0.5, 0.6) is 5.75 Å². The average Bonchev–Trinajstić information content (AvgIpc) is 3.69. The second kappa shape index (κ2) is 15.1. The number of ether oxygens (including phenoxy) is 1. The Morgan fingerprint density at radius 1 is 1.04 bits per heavy atom. The summed E-state index contributed by atoms with van der Waals surface area (Å²) in [6, 6.07) is 18.2. The Kier molecular flexibility index (Phi) is 10.4. The van der Waals surface area contributed by atoms with Crippen molar-refractivity contribution < 1.29 is 26.5 Å². The number of pyridine rings is 1. The zero-order chi connectivity index (χ0) is 40.2. The van der Waals surface area contributed by atoms with Gasteiger partial charge >= 0.3 is 0 Å². The highest BCUT2D eigenvalue weighted by atomic mass is 32.2. The minimum absolute atomic E-state index is 0.0559. The van der Waals surface area contributed by atoms with E-state index in [1.165, 1.54) is 28.8 Å². The van der Waals surface area contributed by atoms with Gasteiger partial charge in [0.05, 0.1) is 30.4 Å². The molecule has 2 saturated heterocycles. The van der Waals surface area contributed by atoms with E-state index in [2.05, 4.69) is 63.8 Å². The number of carbonyl (C=O) groups excluding carboxylic acids is 1. The Labute approximate surface area is 333 Å². The summed E-state index contributed by atoms with van der Waals surface area (Å²) < 4.78 is 53.2. The number of anilines is 2. The van der Waals surface area contributed by atoms with E-state index in [1.807, 2.05) is 43.5 Å². The third-order valence-electron chi connectivity index (χ3n) is 11.6. The topological polar surface area (TPSA) is 155 Å². The molecule has 13 nitrogen and oxygen atoms in total. The van der Waals surface area contributed by atoms with E-state index in [0.717, 1.165) is 61.4 Å². The maximum Gasteiger partial charge on any atom is 0.264 e. The lowest BCUT2D eigenvalue weighted by Crippen LogP contribution is -2.38. The summed E-state index contributed by atoms with van der Waals surface area (Å²) in [4.78, 5) is 16.2. The molecule has 0 saturated carbocycles. The molecule has 8 rings (SSSR count). The minimum Gasteiger partial charge on any atom is -0.484 e. The molecule has 1 aliphatic carbocycles. The summed E-state index contributed by atoms with van der Waals surface area (Å²) in [6.45, 7) is 11.1. The lowest BCUT2D eigenvalue weighted by molar-refractivity contribution is -0.116. The van der Waals surface area contributed by atoms with Gasteiger partial charge in [0, 0.05) is 30.1 Å². The summed E-state index contributed by atoms with van der Waals surface area (Å²) >= 11 is 0. The lowest BCUT2D eigenvalue weighted by atomic mass is 9.73. The molecule has 0 radical (unpaired) electrons. The Bertz CT molecular complexity index is 2410. The number of piperidine rings is 1. The van der Waals surface area contributed by atoms with Gasteiger partial charge in [-0.05, 0) is 97.9 Å². The molecule has 57 heavy (non-hydrogen) atoms. The third-order valence-corrected chi connectivity index (χ3v) is 12.2. The Morgan fingerprint density at radius 3 is 2.58 bits per heavy atom. The van der Waals surface area contributed by atoms with Crippen LogP contribution < -0.4 is 20.3 Å². The molecule has 5 aromatic rings. The van der Waals surface area contributed by atoms with Crippen LogP contribution in [0.4, 0.5) is 16.2 Å². The van der Waals surface area contributed by atoms with Gasteiger partial charge in [-0.15, -0.1) is 10.2 Å². The number of rotatable bonds is 11. The van der Waals surface area contributed by atoms with Gasteiger partial charge < -0.3 is 15.0 Å². The molecule has 5 heterocycles. The molecule has 3 aliphatic rings. The maximum absolute atomic E-state index is 14.8. The molecule has 6 atom stereocenters. The van der Waals surface area contributed by atoms with Crippen molar-refractivity contribution in [2.45, 2.75) is 109 Å². The number of carbonyl (C=O) groups is 1. The molecule has 3 aromatic heterocycles. The van der Waals surface area contributed by atoms with Crippen LogP contribution in [0.3, 0.4) is 0 Å². The number of nitrogens with one attached hydrogen (secondary N) is 2. The van der Waals surface area contributed by atoms with Gasteiger partial charge in [-0.3, -0.25) is 18.7 Å². The minimum atomic E-state index is -3.74. The molecule has 3 unspecified atom stereocenters. The fourth-order valence-electron chi connectivity index (χ4n) is 8.48. The normalized spacial score (nSPS) is 22.9. The highest BCUT2D eigenvalue weighted by molar-refractivity contribution is 7.85. The van der Waals surface area contributed by atoms with Gasteiger partial charge in [0.2, 0.25) is 11.9 Å². The van der Waals surface area contributed by atoms with E-state index < -0.39 is 22.0 Å². The van der Waals surface area contributed by atoms with Crippen LogP contribution in [0, 0.1) is 11.7 Å². The first-order valence-electron chi connectivity index (χ1n) is 19.8. The summed E-state index contributed by atoms with van der Waals surface area (Å²) in [5.41, 5.74) is 4.15. The highest BCUT2D eigenvalue weighted by Gasteiger charge is 2.49. The first kappa shape index (κ1) is 39.0. The van der Waals surface area contributed by atoms with E-state index in [4.69, 9.17) is 14.0 Å². The van der Waals surface area contributed by atoms with E-state index in [-0.39, 0.29) is 41.9 Å². The molecule has 2 aliphatic heterocycles. The zero-order valence-electron chi connectivity index (χ0n) is 33.3. The van der Waals surface area contributed by atoms with Gasteiger partial charge in [0.25, 0.3) is 10.1 Å². The number of hydrogen-bond donors (Lipinski definition) is 2. The van der Waals surface area contributed by atoms with E-state index in [1.54, 1.807) is 12.1 Å². The fraction of sp³-hybridized carbons (Fsp3) is 0.476. The van der Waals surface area contributed by atoms with Crippen LogP contribution in [0.2, 0.25) is 0 Å². The number of fused-ring (bicyclic) bond motifs is 2. The fourth-order valence-corrected chi connectivity index (χ4v) is 8.83. The third kappa shape index (κ3) is 8.28. The number of aromatic nitrogens is 5. The molecule has 2 fully saturated rings. The van der Waals surface area contributed by atoms with Gasteiger partial charge in [0.1, 0.15) is 29.5 Å². The quantitative estimate of drug-likeness (QED) is 0.108. The van der Waals surface area contributed by atoms with Gasteiger partial charge in [-0.1, -0.05) is 52.0 Å². The smallest absolute Gasteiger partial charge is 0.264 e. The molecule has 1 amide bonds.